The van der Waals surface area contributed by atoms with E-state index < -0.39 is 0 Å². The zero-order valence-corrected chi connectivity index (χ0v) is 41.5. The van der Waals surface area contributed by atoms with Gasteiger partial charge in [-0.25, -0.2) is 49.1 Å². The lowest BCUT2D eigenvalue weighted by Gasteiger charge is -2.03. The van der Waals surface area contributed by atoms with Gasteiger partial charge in [0.2, 0.25) is 0 Å². The van der Waals surface area contributed by atoms with E-state index in [0.29, 0.717) is 147 Å². The Morgan fingerprint density at radius 3 is 0.889 bits per heavy atom. The van der Waals surface area contributed by atoms with Crippen LogP contribution in [0, 0.1) is 0 Å². The lowest BCUT2D eigenvalue weighted by molar-refractivity contribution is 0.670. The van der Waals surface area contributed by atoms with Crippen LogP contribution in [0.25, 0.3) is 134 Å². The summed E-state index contributed by atoms with van der Waals surface area (Å²) in [4.78, 5) is 96.3. The molecule has 20 heteroatoms. The number of rotatable bonds is 7. The minimum atomic E-state index is -0.236. The molecule has 7 aromatic heterocycles. The smallest absolute Gasteiger partial charge is 0.324 e. The molecule has 4 aromatic carbocycles. The van der Waals surface area contributed by atoms with Gasteiger partial charge in [-0.2, -0.15) is 0 Å². The molecule has 0 saturated carbocycles. The number of nitrogens with one attached hydrogen (secondary N) is 3. The van der Waals surface area contributed by atoms with E-state index >= 15 is 0 Å². The lowest BCUT2D eigenvalue weighted by atomic mass is 10.1. The number of hydrogen-bond acceptors (Lipinski definition) is 10. The maximum Gasteiger partial charge on any atom is 0.329 e. The number of benzene rings is 4. The summed E-state index contributed by atoms with van der Waals surface area (Å²) < 4.78 is 12.2. The number of aromatic amines is 3. The normalized spacial score (nSPS) is 12.3. The van der Waals surface area contributed by atoms with Crippen molar-refractivity contribution in [3.63, 3.8) is 0 Å². The zero-order valence-electron chi connectivity index (χ0n) is 41.5. The second-order valence-electron chi connectivity index (χ2n) is 17.7. The Morgan fingerprint density at radius 1 is 0.333 bits per heavy atom. The molecule has 0 unspecified atom stereocenters. The van der Waals surface area contributed by atoms with E-state index in [4.69, 9.17) is 29.9 Å². The second kappa shape index (κ2) is 16.2. The Labute approximate surface area is 407 Å². The van der Waals surface area contributed by atoms with Gasteiger partial charge in [-0.3, -0.25) is 32.0 Å². The summed E-state index contributed by atoms with van der Waals surface area (Å²) in [5.41, 5.74) is 9.59. The van der Waals surface area contributed by atoms with Crippen molar-refractivity contribution < 1.29 is 0 Å². The molecule has 8 bridgehead atoms. The maximum atomic E-state index is 13.8. The van der Waals surface area contributed by atoms with E-state index in [1.165, 1.54) is 0 Å². The average Bonchev–Trinajstić information content (AvgIpc) is 4.26. The number of fused-ring (bicyclic) bond motifs is 24. The van der Waals surface area contributed by atoms with E-state index in [2.05, 4.69) is 15.0 Å². The molecule has 0 atom stereocenters. The van der Waals surface area contributed by atoms with Crippen LogP contribution in [0.1, 0.15) is 62.3 Å². The fourth-order valence-corrected chi connectivity index (χ4v) is 11.0. The first-order chi connectivity index (χ1) is 35.0. The summed E-state index contributed by atoms with van der Waals surface area (Å²) in [7, 11) is 0. The molecule has 9 heterocycles. The van der Waals surface area contributed by atoms with Gasteiger partial charge < -0.3 is 15.0 Å². The number of H-pyrrole nitrogens is 3. The lowest BCUT2D eigenvalue weighted by Crippen LogP contribution is -2.23. The average molecular weight is 965 g/mol. The summed E-state index contributed by atoms with van der Waals surface area (Å²) in [5.74, 6) is 1.38. The SMILES string of the molecule is CC.CCn1c(=O)[nH]c2cc3c(cc21)-c1nc-3nc2[nH]c(nc3nc(nc4[nH]c(n1)c1cc5c(cc41)n(CC)c(=O)n5CC)-c1cc4c(cc1-3)n(CC)c(=O)n4CC)c1cc3c(cc21)n(CC)c(=O)n3CC. The minimum Gasteiger partial charge on any atom is -0.324 e. The first-order valence-corrected chi connectivity index (χ1v) is 24.9. The topological polar surface area (TPSA) is 228 Å². The van der Waals surface area contributed by atoms with Crippen LogP contribution < -0.4 is 22.8 Å². The monoisotopic (exact) mass is 964 g/mol. The zero-order chi connectivity index (χ0) is 50.2. The summed E-state index contributed by atoms with van der Waals surface area (Å²) >= 11 is 0. The van der Waals surface area contributed by atoms with Crippen molar-refractivity contribution in [3.8, 4) is 45.6 Å². The summed E-state index contributed by atoms with van der Waals surface area (Å²) in [6, 6.07) is 15.6. The van der Waals surface area contributed by atoms with Crippen LogP contribution in [0.3, 0.4) is 0 Å². The fraction of sp³-hybridized carbons (Fsp3) is 0.308. The predicted octanol–water partition coefficient (Wildman–Crippen LogP) is 8.03. The maximum absolute atomic E-state index is 13.8. The number of aromatic nitrogens is 16. The molecule has 2 aliphatic rings. The molecule has 0 saturated heterocycles. The molecule has 364 valence electrons. The van der Waals surface area contributed by atoms with Crippen LogP contribution in [0.4, 0.5) is 0 Å². The number of hydrogen-bond donors (Lipinski definition) is 3. The number of imidazole rings is 4. The summed E-state index contributed by atoms with van der Waals surface area (Å²) in [6.07, 6.45) is 0. The molecule has 0 fully saturated rings. The highest BCUT2D eigenvalue weighted by Gasteiger charge is 2.27. The van der Waals surface area contributed by atoms with Gasteiger partial charge in [0.1, 0.15) is 22.6 Å². The molecule has 20 nitrogen and oxygen atoms in total. The van der Waals surface area contributed by atoms with E-state index in [1.807, 2.05) is 111 Å². The van der Waals surface area contributed by atoms with Crippen molar-refractivity contribution in [1.29, 1.82) is 0 Å². The van der Waals surface area contributed by atoms with E-state index in [0.717, 1.165) is 33.1 Å². The third-order valence-electron chi connectivity index (χ3n) is 14.4. The van der Waals surface area contributed by atoms with Gasteiger partial charge in [0.15, 0.2) is 23.3 Å². The van der Waals surface area contributed by atoms with Gasteiger partial charge in [0.05, 0.1) is 44.1 Å². The summed E-state index contributed by atoms with van der Waals surface area (Å²) in [6.45, 7) is 20.8. The number of aryl methyl sites for hydroxylation is 7. The van der Waals surface area contributed by atoms with Gasteiger partial charge >= 0.3 is 22.8 Å². The molecule has 72 heavy (non-hydrogen) atoms. The van der Waals surface area contributed by atoms with Crippen molar-refractivity contribution in [1.82, 2.24) is 76.8 Å². The van der Waals surface area contributed by atoms with Gasteiger partial charge in [-0.1, -0.05) is 13.8 Å². The number of nitrogens with zero attached hydrogens (tertiary/aromatic N) is 13. The molecule has 3 N–H and O–H groups in total. The molecule has 0 amide bonds. The summed E-state index contributed by atoms with van der Waals surface area (Å²) in [5, 5.41) is 2.78. The highest BCUT2D eigenvalue weighted by Crippen LogP contribution is 2.41. The van der Waals surface area contributed by atoms with Crippen LogP contribution in [-0.4, -0.2) is 76.8 Å². The highest BCUT2D eigenvalue weighted by atomic mass is 16.2. The van der Waals surface area contributed by atoms with Crippen molar-refractivity contribution in [2.75, 3.05) is 0 Å². The van der Waals surface area contributed by atoms with Crippen LogP contribution in [-0.2, 0) is 45.8 Å². The van der Waals surface area contributed by atoms with Crippen molar-refractivity contribution in [2.24, 2.45) is 0 Å². The van der Waals surface area contributed by atoms with Crippen LogP contribution in [0.15, 0.2) is 67.7 Å². The molecule has 0 radical (unpaired) electrons. The van der Waals surface area contributed by atoms with Crippen molar-refractivity contribution in [3.05, 3.63) is 90.5 Å². The van der Waals surface area contributed by atoms with Crippen LogP contribution >= 0.6 is 0 Å². The quantitative estimate of drug-likeness (QED) is 0.139. The standard InChI is InChI=1S/C50H46N16O4.C2H6/c1-8-60-32-16-24-23(15-31(32)51-47(60)67)39-52-40(24)54-42-27-19-35-36(64(12-5)49(69)63(35)11-4)20-28(27)44(56-42)58-46-30-22-38-37(65(13-6)50(70)66(38)14-7)21-29(30)45(59-46)57-43-26-18-34-33(17-25(26)41(53-39)55-43)61(9-2)48(68)62(34)10-3;1-2/h15-22H,8-14H2,1-7H3,(H,51,67)(H2,52,53,54,55,56,57,58,59);1-2H3. The Morgan fingerprint density at radius 2 is 0.597 bits per heavy atom. The Hall–Kier alpha value is -8.68. The van der Waals surface area contributed by atoms with Gasteiger partial charge in [-0.15, -0.1) is 0 Å². The molecule has 11 aromatic rings. The van der Waals surface area contributed by atoms with E-state index in [9.17, 15) is 19.2 Å². The molecule has 0 spiro atoms. The van der Waals surface area contributed by atoms with Crippen LogP contribution in [0.2, 0.25) is 0 Å². The Balaban J connectivity index is 0.00000262. The highest BCUT2D eigenvalue weighted by molar-refractivity contribution is 6.12. The van der Waals surface area contributed by atoms with Gasteiger partial charge in [-0.05, 0) is 97.0 Å². The molecule has 13 rings (SSSR count). The van der Waals surface area contributed by atoms with Gasteiger partial charge in [0, 0.05) is 89.6 Å². The molecular weight excluding hydrogens is 913 g/mol. The van der Waals surface area contributed by atoms with Crippen LogP contribution in [0.5, 0.6) is 0 Å². The van der Waals surface area contributed by atoms with Crippen molar-refractivity contribution in [2.45, 2.75) is 108 Å². The second-order valence-corrected chi connectivity index (χ2v) is 17.7. The molecular formula is C52H52N16O4. The van der Waals surface area contributed by atoms with Crippen molar-refractivity contribution >= 4 is 88.3 Å². The Bertz CT molecular complexity index is 4580. The van der Waals surface area contributed by atoms with E-state index in [-0.39, 0.29) is 22.8 Å². The third kappa shape index (κ3) is 5.97. The first-order valence-electron chi connectivity index (χ1n) is 24.9. The third-order valence-corrected chi connectivity index (χ3v) is 14.4. The Kier molecular flexibility index (Phi) is 10.0. The largest absolute Gasteiger partial charge is 0.329 e. The fourth-order valence-electron chi connectivity index (χ4n) is 11.0. The molecule has 2 aliphatic heterocycles. The van der Waals surface area contributed by atoms with Gasteiger partial charge in [0.25, 0.3) is 0 Å². The minimum absolute atomic E-state index is 0.115. The molecule has 0 aliphatic carbocycles. The predicted molar refractivity (Wildman–Crippen MR) is 283 cm³/mol. The first kappa shape index (κ1) is 44.5. The van der Waals surface area contributed by atoms with E-state index in [1.54, 1.807) is 32.0 Å².